The van der Waals surface area contributed by atoms with Crippen LogP contribution in [0.25, 0.3) is 0 Å². The topological polar surface area (TPSA) is 80.9 Å². The van der Waals surface area contributed by atoms with E-state index in [0.29, 0.717) is 23.4 Å². The molecule has 1 unspecified atom stereocenters. The Hall–Kier alpha value is -0.850. The second-order valence-electron chi connectivity index (χ2n) is 6.13. The predicted octanol–water partition coefficient (Wildman–Crippen LogP) is 2.49. The zero-order valence-electron chi connectivity index (χ0n) is 14.0. The first-order valence-electron chi connectivity index (χ1n) is 7.20. The minimum Gasteiger partial charge on any atom is -0.349 e. The standard InChI is InChI=1S/C15H26N4OS.ClH/c1-10(2)7-15(5,9-16)19-13(20)8-21-14-17-11(3)6-12(4)18-14;/h6,10H,7-9,16H2,1-5H3,(H,19,20);1H. The Balaban J connectivity index is 0.00000441. The van der Waals surface area contributed by atoms with Crippen LogP contribution in [0.15, 0.2) is 11.2 Å². The van der Waals surface area contributed by atoms with Gasteiger partial charge in [-0.15, -0.1) is 12.4 Å². The van der Waals surface area contributed by atoms with Crippen molar-refractivity contribution >= 4 is 30.1 Å². The van der Waals surface area contributed by atoms with Crippen LogP contribution in [0.3, 0.4) is 0 Å². The van der Waals surface area contributed by atoms with Crippen LogP contribution in [0.2, 0.25) is 0 Å². The molecular weight excluding hydrogens is 320 g/mol. The van der Waals surface area contributed by atoms with E-state index < -0.39 is 0 Å². The number of nitrogens with one attached hydrogen (secondary N) is 1. The minimum absolute atomic E-state index is 0. The number of halogens is 1. The zero-order chi connectivity index (χ0) is 16.0. The lowest BCUT2D eigenvalue weighted by Crippen LogP contribution is -2.52. The van der Waals surface area contributed by atoms with Gasteiger partial charge in [-0.2, -0.15) is 0 Å². The third-order valence-corrected chi connectivity index (χ3v) is 3.89. The summed E-state index contributed by atoms with van der Waals surface area (Å²) in [5.74, 6) is 0.752. The van der Waals surface area contributed by atoms with Gasteiger partial charge in [0.25, 0.3) is 0 Å². The molecule has 0 saturated carbocycles. The molecule has 22 heavy (non-hydrogen) atoms. The third-order valence-electron chi connectivity index (χ3n) is 3.04. The highest BCUT2D eigenvalue weighted by atomic mass is 35.5. The van der Waals surface area contributed by atoms with Crippen LogP contribution < -0.4 is 11.1 Å². The van der Waals surface area contributed by atoms with Crippen LogP contribution >= 0.6 is 24.2 Å². The fourth-order valence-electron chi connectivity index (χ4n) is 2.35. The summed E-state index contributed by atoms with van der Waals surface area (Å²) in [5.41, 5.74) is 7.28. The molecule has 0 bridgehead atoms. The lowest BCUT2D eigenvalue weighted by Gasteiger charge is -2.31. The van der Waals surface area contributed by atoms with E-state index in [1.165, 1.54) is 11.8 Å². The molecule has 1 rings (SSSR count). The summed E-state index contributed by atoms with van der Waals surface area (Å²) in [7, 11) is 0. The molecule has 126 valence electrons. The molecule has 0 aliphatic rings. The molecule has 0 saturated heterocycles. The predicted molar refractivity (Wildman–Crippen MR) is 94.5 cm³/mol. The van der Waals surface area contributed by atoms with E-state index in [0.717, 1.165) is 17.8 Å². The molecule has 1 amide bonds. The van der Waals surface area contributed by atoms with Crippen LogP contribution in [-0.2, 0) is 4.79 Å². The van der Waals surface area contributed by atoms with Crippen molar-refractivity contribution in [1.82, 2.24) is 15.3 Å². The largest absolute Gasteiger partial charge is 0.349 e. The number of carbonyl (C=O) groups is 1. The van der Waals surface area contributed by atoms with Gasteiger partial charge in [0.05, 0.1) is 5.75 Å². The Morgan fingerprint density at radius 3 is 2.36 bits per heavy atom. The fraction of sp³-hybridized carbons (Fsp3) is 0.667. The number of rotatable bonds is 7. The van der Waals surface area contributed by atoms with Crippen molar-refractivity contribution in [2.24, 2.45) is 11.7 Å². The molecule has 0 radical (unpaired) electrons. The molecule has 0 fully saturated rings. The quantitative estimate of drug-likeness (QED) is 0.585. The molecule has 1 heterocycles. The number of amides is 1. The first-order valence-corrected chi connectivity index (χ1v) is 8.19. The van der Waals surface area contributed by atoms with E-state index in [1.54, 1.807) is 0 Å². The van der Waals surface area contributed by atoms with E-state index in [-0.39, 0.29) is 23.9 Å². The minimum atomic E-state index is -0.352. The summed E-state index contributed by atoms with van der Waals surface area (Å²) in [4.78, 5) is 20.7. The van der Waals surface area contributed by atoms with E-state index in [1.807, 2.05) is 26.8 Å². The number of nitrogens with two attached hydrogens (primary N) is 1. The molecule has 1 atom stereocenters. The highest BCUT2D eigenvalue weighted by Crippen LogP contribution is 2.17. The molecule has 3 N–H and O–H groups in total. The Labute approximate surface area is 143 Å². The van der Waals surface area contributed by atoms with Gasteiger partial charge in [0.15, 0.2) is 5.16 Å². The molecular formula is C15H27ClN4OS. The van der Waals surface area contributed by atoms with Crippen LogP contribution in [0.5, 0.6) is 0 Å². The van der Waals surface area contributed by atoms with E-state index in [2.05, 4.69) is 29.1 Å². The third kappa shape index (κ3) is 7.42. The van der Waals surface area contributed by atoms with Crippen LogP contribution in [0.4, 0.5) is 0 Å². The van der Waals surface area contributed by atoms with Gasteiger partial charge < -0.3 is 11.1 Å². The number of hydrogen-bond acceptors (Lipinski definition) is 5. The maximum atomic E-state index is 12.1. The average molecular weight is 347 g/mol. The van der Waals surface area contributed by atoms with Crippen molar-refractivity contribution in [3.63, 3.8) is 0 Å². The van der Waals surface area contributed by atoms with Gasteiger partial charge in [0.2, 0.25) is 5.91 Å². The van der Waals surface area contributed by atoms with Gasteiger partial charge in [-0.1, -0.05) is 25.6 Å². The summed E-state index contributed by atoms with van der Waals surface area (Å²) < 4.78 is 0. The monoisotopic (exact) mass is 346 g/mol. The van der Waals surface area contributed by atoms with Gasteiger partial charge in [-0.3, -0.25) is 4.79 Å². The van der Waals surface area contributed by atoms with Crippen molar-refractivity contribution in [1.29, 1.82) is 0 Å². The van der Waals surface area contributed by atoms with Gasteiger partial charge in [-0.25, -0.2) is 9.97 Å². The maximum Gasteiger partial charge on any atom is 0.230 e. The molecule has 0 aliphatic carbocycles. The number of aromatic nitrogens is 2. The van der Waals surface area contributed by atoms with E-state index >= 15 is 0 Å². The number of thioether (sulfide) groups is 1. The smallest absolute Gasteiger partial charge is 0.230 e. The first kappa shape index (κ1) is 21.1. The number of hydrogen-bond donors (Lipinski definition) is 2. The molecule has 0 aromatic carbocycles. The average Bonchev–Trinajstić information content (AvgIpc) is 2.34. The Bertz CT molecular complexity index is 478. The molecule has 0 spiro atoms. The SMILES string of the molecule is Cc1cc(C)nc(SCC(=O)NC(C)(CN)CC(C)C)n1.Cl. The molecule has 7 heteroatoms. The number of aryl methyl sites for hydroxylation is 2. The van der Waals surface area contributed by atoms with Gasteiger partial charge in [-0.05, 0) is 39.2 Å². The summed E-state index contributed by atoms with van der Waals surface area (Å²) in [6.07, 6.45) is 0.861. The second-order valence-corrected chi connectivity index (χ2v) is 7.08. The van der Waals surface area contributed by atoms with Crippen molar-refractivity contribution in [2.75, 3.05) is 12.3 Å². The van der Waals surface area contributed by atoms with Gasteiger partial charge in [0.1, 0.15) is 0 Å². The van der Waals surface area contributed by atoms with Crippen molar-refractivity contribution < 1.29 is 4.79 Å². The summed E-state index contributed by atoms with van der Waals surface area (Å²) >= 11 is 1.35. The first-order chi connectivity index (χ1) is 9.74. The maximum absolute atomic E-state index is 12.1. The van der Waals surface area contributed by atoms with E-state index in [4.69, 9.17) is 5.73 Å². The highest BCUT2D eigenvalue weighted by molar-refractivity contribution is 7.99. The second kappa shape index (κ2) is 9.33. The fourth-order valence-corrected chi connectivity index (χ4v) is 3.10. The lowest BCUT2D eigenvalue weighted by molar-refractivity contribution is -0.120. The Kier molecular flexibility index (Phi) is 8.96. The van der Waals surface area contributed by atoms with Gasteiger partial charge >= 0.3 is 0 Å². The highest BCUT2D eigenvalue weighted by Gasteiger charge is 2.25. The van der Waals surface area contributed by atoms with E-state index in [9.17, 15) is 4.79 Å². The molecule has 0 aliphatic heterocycles. The van der Waals surface area contributed by atoms with Crippen molar-refractivity contribution in [2.45, 2.75) is 51.7 Å². The number of nitrogens with zero attached hydrogens (tertiary/aromatic N) is 2. The summed E-state index contributed by atoms with van der Waals surface area (Å²) in [6.45, 7) is 10.5. The Morgan fingerprint density at radius 2 is 1.91 bits per heavy atom. The lowest BCUT2D eigenvalue weighted by atomic mass is 9.91. The number of carbonyl (C=O) groups excluding carboxylic acids is 1. The van der Waals surface area contributed by atoms with Gasteiger partial charge in [0, 0.05) is 23.5 Å². The van der Waals surface area contributed by atoms with Crippen LogP contribution in [0.1, 0.15) is 38.6 Å². The molecule has 1 aromatic heterocycles. The summed E-state index contributed by atoms with van der Waals surface area (Å²) in [5, 5.41) is 3.67. The zero-order valence-corrected chi connectivity index (χ0v) is 15.6. The van der Waals surface area contributed by atoms with Crippen molar-refractivity contribution in [3.8, 4) is 0 Å². The summed E-state index contributed by atoms with van der Waals surface area (Å²) in [6, 6.07) is 1.91. The Morgan fingerprint density at radius 1 is 1.36 bits per heavy atom. The van der Waals surface area contributed by atoms with Crippen LogP contribution in [0, 0.1) is 19.8 Å². The molecule has 5 nitrogen and oxygen atoms in total. The normalized spacial score (nSPS) is 13.4. The van der Waals surface area contributed by atoms with Crippen LogP contribution in [-0.4, -0.2) is 33.7 Å². The van der Waals surface area contributed by atoms with Crippen molar-refractivity contribution in [3.05, 3.63) is 17.5 Å². The molecule has 1 aromatic rings.